The Hall–Kier alpha value is -6.06. The molecule has 0 aromatic heterocycles. The zero-order valence-electron chi connectivity index (χ0n) is 45.1. The number of rotatable bonds is 6. The number of halogens is 2. The van der Waals surface area contributed by atoms with Crippen LogP contribution in [0.1, 0.15) is 47.9 Å². The molecule has 0 spiro atoms. The van der Waals surface area contributed by atoms with E-state index in [4.69, 9.17) is 0 Å². The van der Waals surface area contributed by atoms with E-state index in [1.54, 1.807) is 57.0 Å². The number of hydrogen-bond donors (Lipinski definition) is 0. The average Bonchev–Trinajstić information content (AvgIpc) is 4.42. The van der Waals surface area contributed by atoms with Crippen LogP contribution < -0.4 is 35.2 Å². The fourth-order valence-corrected chi connectivity index (χ4v) is 13.5. The monoisotopic (exact) mass is 1250 g/mol. The molecule has 0 amide bonds. The Morgan fingerprint density at radius 2 is 0.487 bits per heavy atom. The van der Waals surface area contributed by atoms with Crippen molar-refractivity contribution in [2.24, 2.45) is 0 Å². The van der Waals surface area contributed by atoms with E-state index in [1.807, 2.05) is 0 Å². The van der Waals surface area contributed by atoms with Crippen molar-refractivity contribution in [3.63, 3.8) is 0 Å². The number of allylic oxidation sites excluding steroid dienone is 16. The summed E-state index contributed by atoms with van der Waals surface area (Å²) < 4.78 is 0. The molecule has 388 valence electrons. The first-order valence-corrected chi connectivity index (χ1v) is 38.0. The standard InChI is InChI=1S/4C15H11.2C7H8Si.2ClH.2Zr/c4*1-2-7-12(6-1)15-11-5-9-13-8-3-4-10-14(13)15;2*1-8-7-5-3-2-4-6-7;;;;/h4*3-11H,1H2;2*2-6H,1H3;2*1H;;/q4*-1;;;;;2*+2/p-2. The van der Waals surface area contributed by atoms with Gasteiger partial charge in [0.25, 0.3) is 0 Å². The molecular formula is C74H60Cl2Si2Zr2-2. The van der Waals surface area contributed by atoms with Crippen molar-refractivity contribution in [1.82, 2.24) is 0 Å². The summed E-state index contributed by atoms with van der Waals surface area (Å²) in [5.74, 6) is 0. The minimum atomic E-state index is -0.122. The van der Waals surface area contributed by atoms with E-state index in [2.05, 4.69) is 317 Å². The van der Waals surface area contributed by atoms with E-state index >= 15 is 0 Å². The predicted molar refractivity (Wildman–Crippen MR) is 333 cm³/mol. The zero-order valence-corrected chi connectivity index (χ0v) is 53.6. The normalized spacial score (nSPS) is 13.0. The maximum absolute atomic E-state index is 3.22. The van der Waals surface area contributed by atoms with E-state index < -0.39 is 0 Å². The first-order valence-electron chi connectivity index (χ1n) is 26.6. The molecule has 0 fully saturated rings. The van der Waals surface area contributed by atoms with Crippen LogP contribution >= 0.6 is 0 Å². The van der Waals surface area contributed by atoms with Gasteiger partial charge in [0.05, 0.1) is 0 Å². The Balaban J connectivity index is 0.000000140. The van der Waals surface area contributed by atoms with E-state index in [9.17, 15) is 0 Å². The van der Waals surface area contributed by atoms with Gasteiger partial charge in [0.15, 0.2) is 0 Å². The molecule has 4 aliphatic carbocycles. The number of fused-ring (bicyclic) bond motifs is 4. The van der Waals surface area contributed by atoms with Crippen LogP contribution in [-0.2, 0) is 46.7 Å². The first-order chi connectivity index (χ1) is 38.4. The molecule has 10 aromatic rings. The minimum Gasteiger partial charge on any atom is -1.00 e. The SMILES string of the molecule is C[Si](=[Zr+2])c1ccccc1.C[Si](=[Zr+2])c1ccccc1.[C-]1=CC(c2cccc3ccccc23)=CC1.[C-]1=CC(c2cccc3ccccc23)=CC1.[C-]1=CC(c2cccc3ccccc23)=CC1.[C-]1=CC(c2cccc3ccccc23)=CC1.[Cl-].[Cl-]. The van der Waals surface area contributed by atoms with Crippen LogP contribution in [0.5, 0.6) is 0 Å². The summed E-state index contributed by atoms with van der Waals surface area (Å²) in [7, 11) is 0. The molecule has 0 heterocycles. The molecule has 6 heteroatoms. The second-order valence-corrected chi connectivity index (χ2v) is 33.7. The quantitative estimate of drug-likeness (QED) is 0.115. The van der Waals surface area contributed by atoms with E-state index in [0.29, 0.717) is 0 Å². The van der Waals surface area contributed by atoms with Crippen molar-refractivity contribution in [2.75, 3.05) is 0 Å². The maximum Gasteiger partial charge on any atom is -0.0193 e. The van der Waals surface area contributed by atoms with Crippen LogP contribution in [-0.4, -0.2) is 10.9 Å². The molecular weight excluding hydrogens is 1200 g/mol. The van der Waals surface area contributed by atoms with E-state index in [0.717, 1.165) is 25.7 Å². The van der Waals surface area contributed by atoms with Crippen LogP contribution in [0.4, 0.5) is 0 Å². The molecule has 0 N–H and O–H groups in total. The molecule has 0 aliphatic heterocycles. The molecule has 0 saturated heterocycles. The predicted octanol–water partition coefficient (Wildman–Crippen LogP) is 12.1. The summed E-state index contributed by atoms with van der Waals surface area (Å²) in [6, 6.07) is 81.3. The third-order valence-electron chi connectivity index (χ3n) is 13.6. The average molecular weight is 1260 g/mol. The van der Waals surface area contributed by atoms with Crippen LogP contribution in [0, 0.1) is 24.3 Å². The second kappa shape index (κ2) is 32.4. The third kappa shape index (κ3) is 17.0. The molecule has 0 radical (unpaired) electrons. The van der Waals surface area contributed by atoms with Gasteiger partial charge in [-0.25, -0.2) is 24.3 Å². The molecule has 0 bridgehead atoms. The van der Waals surface area contributed by atoms with Gasteiger partial charge in [-0.05, 0) is 43.1 Å². The molecule has 14 rings (SSSR count). The summed E-state index contributed by atoms with van der Waals surface area (Å²) in [6.45, 7) is 4.69. The van der Waals surface area contributed by atoms with E-state index in [-0.39, 0.29) is 35.7 Å². The molecule has 0 saturated carbocycles. The van der Waals surface area contributed by atoms with Gasteiger partial charge in [-0.15, -0.1) is 25.7 Å². The largest absolute Gasteiger partial charge is 1.00 e. The van der Waals surface area contributed by atoms with Gasteiger partial charge < -0.3 is 24.8 Å². The van der Waals surface area contributed by atoms with Crippen molar-refractivity contribution in [2.45, 2.75) is 38.8 Å². The van der Waals surface area contributed by atoms with Crippen LogP contribution in [0.15, 0.2) is 279 Å². The Kier molecular flexibility index (Phi) is 24.9. The zero-order chi connectivity index (χ0) is 53.7. The summed E-state index contributed by atoms with van der Waals surface area (Å²) >= 11 is 3.38. The van der Waals surface area contributed by atoms with Gasteiger partial charge >= 0.3 is 142 Å². The van der Waals surface area contributed by atoms with Crippen molar-refractivity contribution < 1.29 is 71.5 Å². The molecule has 10 aromatic carbocycles. The van der Waals surface area contributed by atoms with Gasteiger partial charge in [0.2, 0.25) is 0 Å². The van der Waals surface area contributed by atoms with Crippen molar-refractivity contribution in [3.8, 4) is 0 Å². The van der Waals surface area contributed by atoms with Crippen LogP contribution in [0.25, 0.3) is 65.4 Å². The second-order valence-electron chi connectivity index (χ2n) is 18.9. The fourth-order valence-electron chi connectivity index (χ4n) is 9.62. The molecule has 0 unspecified atom stereocenters. The van der Waals surface area contributed by atoms with Crippen molar-refractivity contribution in [3.05, 3.63) is 326 Å². The van der Waals surface area contributed by atoms with E-state index in [1.165, 1.54) is 87.6 Å². The van der Waals surface area contributed by atoms with Gasteiger partial charge in [-0.2, -0.15) is 46.6 Å². The first kappa shape index (κ1) is 61.6. The van der Waals surface area contributed by atoms with Gasteiger partial charge in [-0.1, -0.05) is 192 Å². The summed E-state index contributed by atoms with van der Waals surface area (Å²) in [5.41, 5.74) is 10.2. The minimum absolute atomic E-state index is 0. The summed E-state index contributed by atoms with van der Waals surface area (Å²) in [6.07, 6.45) is 33.9. The van der Waals surface area contributed by atoms with Crippen LogP contribution in [0.3, 0.4) is 0 Å². The Morgan fingerprint density at radius 3 is 0.688 bits per heavy atom. The Morgan fingerprint density at radius 1 is 0.275 bits per heavy atom. The number of hydrogen-bond acceptors (Lipinski definition) is 0. The van der Waals surface area contributed by atoms with Gasteiger partial charge in [-0.3, -0.25) is 24.3 Å². The Labute approximate surface area is 517 Å². The smallest absolute Gasteiger partial charge is 0.0193 e. The number of benzene rings is 10. The molecule has 4 aliphatic rings. The molecule has 0 nitrogen and oxygen atoms in total. The third-order valence-corrected chi connectivity index (χ3v) is 20.3. The molecule has 80 heavy (non-hydrogen) atoms. The fraction of sp³-hybridized carbons (Fsp3) is 0.0811. The van der Waals surface area contributed by atoms with Crippen molar-refractivity contribution >= 4 is 86.6 Å². The summed E-state index contributed by atoms with van der Waals surface area (Å²) in [5, 5.41) is 13.6. The topological polar surface area (TPSA) is 0 Å². The van der Waals surface area contributed by atoms with Gasteiger partial charge in [0.1, 0.15) is 0 Å². The maximum atomic E-state index is 3.22. The molecule has 0 atom stereocenters. The Bertz CT molecular complexity index is 3480. The van der Waals surface area contributed by atoms with Crippen molar-refractivity contribution in [1.29, 1.82) is 0 Å². The van der Waals surface area contributed by atoms with Crippen LogP contribution in [0.2, 0.25) is 13.1 Å². The van der Waals surface area contributed by atoms with Gasteiger partial charge in [0, 0.05) is 0 Å². The summed E-state index contributed by atoms with van der Waals surface area (Å²) in [4.78, 5) is 0.